The van der Waals surface area contributed by atoms with Gasteiger partial charge >= 0.3 is 0 Å². The molecule has 0 saturated heterocycles. The largest absolute Gasteiger partial charge is 0.349 e. The fourth-order valence-electron chi connectivity index (χ4n) is 2.19. The van der Waals surface area contributed by atoms with Crippen molar-refractivity contribution in [3.8, 4) is 22.4 Å². The van der Waals surface area contributed by atoms with Crippen molar-refractivity contribution < 1.29 is 4.52 Å². The summed E-state index contributed by atoms with van der Waals surface area (Å²) in [5, 5.41) is 5.76. The SMILES string of the molecule is NCCSc1onc(-c2ccc(Cl)cc2)c1-c1ccccc1. The van der Waals surface area contributed by atoms with Crippen LogP contribution in [0, 0.1) is 0 Å². The van der Waals surface area contributed by atoms with Crippen LogP contribution in [0.4, 0.5) is 0 Å². The van der Waals surface area contributed by atoms with Crippen LogP contribution in [0.25, 0.3) is 22.4 Å². The standard InChI is InChI=1S/C17H15ClN2OS/c18-14-8-6-13(7-9-14)16-15(12-4-2-1-3-5-12)17(21-20-16)22-11-10-19/h1-9H,10-11,19H2. The van der Waals surface area contributed by atoms with Gasteiger partial charge in [0.1, 0.15) is 5.69 Å². The Labute approximate surface area is 138 Å². The minimum atomic E-state index is 0.593. The molecule has 0 spiro atoms. The third-order valence-electron chi connectivity index (χ3n) is 3.19. The van der Waals surface area contributed by atoms with E-state index in [2.05, 4.69) is 17.3 Å². The Morgan fingerprint density at radius 3 is 2.41 bits per heavy atom. The van der Waals surface area contributed by atoms with Gasteiger partial charge in [0.15, 0.2) is 0 Å². The van der Waals surface area contributed by atoms with Crippen LogP contribution >= 0.6 is 23.4 Å². The molecule has 0 atom stereocenters. The predicted molar refractivity (Wildman–Crippen MR) is 92.2 cm³/mol. The lowest BCUT2D eigenvalue weighted by Gasteiger charge is -2.04. The van der Waals surface area contributed by atoms with Crippen LogP contribution in [0.3, 0.4) is 0 Å². The van der Waals surface area contributed by atoms with E-state index in [9.17, 15) is 0 Å². The summed E-state index contributed by atoms with van der Waals surface area (Å²) in [5.41, 5.74) is 9.48. The molecule has 3 rings (SSSR count). The summed E-state index contributed by atoms with van der Waals surface area (Å²) in [6.45, 7) is 0.593. The Morgan fingerprint density at radius 1 is 1.00 bits per heavy atom. The highest BCUT2D eigenvalue weighted by molar-refractivity contribution is 7.99. The molecule has 0 radical (unpaired) electrons. The van der Waals surface area contributed by atoms with Gasteiger partial charge in [-0.2, -0.15) is 0 Å². The number of rotatable bonds is 5. The van der Waals surface area contributed by atoms with Crippen LogP contribution in [0.2, 0.25) is 5.02 Å². The number of aromatic nitrogens is 1. The smallest absolute Gasteiger partial charge is 0.201 e. The number of nitrogens with two attached hydrogens (primary N) is 1. The van der Waals surface area contributed by atoms with E-state index < -0.39 is 0 Å². The molecule has 5 heteroatoms. The van der Waals surface area contributed by atoms with Gasteiger partial charge in [0.2, 0.25) is 5.09 Å². The van der Waals surface area contributed by atoms with Crippen molar-refractivity contribution in [2.24, 2.45) is 5.73 Å². The number of hydrogen-bond acceptors (Lipinski definition) is 4. The summed E-state index contributed by atoms with van der Waals surface area (Å²) in [6, 6.07) is 17.7. The Balaban J connectivity index is 2.10. The van der Waals surface area contributed by atoms with Gasteiger partial charge in [-0.05, 0) is 17.7 Å². The van der Waals surface area contributed by atoms with Crippen LogP contribution in [-0.4, -0.2) is 17.5 Å². The summed E-state index contributed by atoms with van der Waals surface area (Å²) < 4.78 is 5.56. The molecule has 112 valence electrons. The van der Waals surface area contributed by atoms with Crippen LogP contribution in [0.15, 0.2) is 64.2 Å². The lowest BCUT2D eigenvalue weighted by molar-refractivity contribution is 0.352. The van der Waals surface area contributed by atoms with E-state index >= 15 is 0 Å². The van der Waals surface area contributed by atoms with Crippen molar-refractivity contribution in [2.45, 2.75) is 5.09 Å². The highest BCUT2D eigenvalue weighted by Gasteiger charge is 2.19. The molecule has 0 saturated carbocycles. The monoisotopic (exact) mass is 330 g/mol. The maximum atomic E-state index is 5.97. The minimum Gasteiger partial charge on any atom is -0.349 e. The fraction of sp³-hybridized carbons (Fsp3) is 0.118. The fourth-order valence-corrected chi connectivity index (χ4v) is 3.07. The normalized spacial score (nSPS) is 10.8. The van der Waals surface area contributed by atoms with Gasteiger partial charge in [-0.15, -0.1) is 0 Å². The Kier molecular flexibility index (Phi) is 4.83. The Morgan fingerprint density at radius 2 is 1.73 bits per heavy atom. The third-order valence-corrected chi connectivity index (χ3v) is 4.42. The first kappa shape index (κ1) is 15.2. The minimum absolute atomic E-state index is 0.593. The molecule has 0 aliphatic rings. The van der Waals surface area contributed by atoms with Gasteiger partial charge in [-0.1, -0.05) is 71.0 Å². The van der Waals surface area contributed by atoms with E-state index in [1.165, 1.54) is 0 Å². The second-order valence-electron chi connectivity index (χ2n) is 4.70. The summed E-state index contributed by atoms with van der Waals surface area (Å²) in [5.74, 6) is 0.787. The molecule has 2 aromatic carbocycles. The van der Waals surface area contributed by atoms with Gasteiger partial charge in [-0.25, -0.2) is 0 Å². The molecular formula is C17H15ClN2OS. The zero-order chi connectivity index (χ0) is 15.4. The van der Waals surface area contributed by atoms with Gasteiger partial charge < -0.3 is 10.3 Å². The Hall–Kier alpha value is -1.75. The van der Waals surface area contributed by atoms with Gasteiger partial charge in [0.05, 0.1) is 5.56 Å². The molecule has 2 N–H and O–H groups in total. The molecule has 3 nitrogen and oxygen atoms in total. The van der Waals surface area contributed by atoms with E-state index in [4.69, 9.17) is 21.9 Å². The van der Waals surface area contributed by atoms with Crippen LogP contribution in [0.5, 0.6) is 0 Å². The number of thioether (sulfide) groups is 1. The van der Waals surface area contributed by atoms with E-state index in [1.807, 2.05) is 42.5 Å². The topological polar surface area (TPSA) is 52.0 Å². The summed E-state index contributed by atoms with van der Waals surface area (Å²) in [6.07, 6.45) is 0. The molecule has 1 aromatic heterocycles. The first-order valence-electron chi connectivity index (χ1n) is 6.93. The summed E-state index contributed by atoms with van der Waals surface area (Å²) >= 11 is 7.55. The van der Waals surface area contributed by atoms with Crippen LogP contribution in [0.1, 0.15) is 0 Å². The molecule has 0 fully saturated rings. The highest BCUT2D eigenvalue weighted by Crippen LogP contribution is 2.39. The number of benzene rings is 2. The van der Waals surface area contributed by atoms with E-state index in [0.29, 0.717) is 11.6 Å². The van der Waals surface area contributed by atoms with Crippen LogP contribution < -0.4 is 5.73 Å². The molecule has 0 amide bonds. The molecule has 3 aromatic rings. The zero-order valence-corrected chi connectivity index (χ0v) is 13.4. The van der Waals surface area contributed by atoms with Gasteiger partial charge in [0, 0.05) is 22.9 Å². The zero-order valence-electron chi connectivity index (χ0n) is 11.8. The van der Waals surface area contributed by atoms with Crippen LogP contribution in [-0.2, 0) is 0 Å². The first-order chi connectivity index (χ1) is 10.8. The third kappa shape index (κ3) is 3.19. The molecular weight excluding hydrogens is 316 g/mol. The summed E-state index contributed by atoms with van der Waals surface area (Å²) in [4.78, 5) is 0. The highest BCUT2D eigenvalue weighted by atomic mass is 35.5. The maximum absolute atomic E-state index is 5.97. The Bertz CT molecular complexity index is 741. The lowest BCUT2D eigenvalue weighted by atomic mass is 10.0. The predicted octanol–water partition coefficient (Wildman–Crippen LogP) is 4.71. The van der Waals surface area contributed by atoms with Crippen molar-refractivity contribution in [1.29, 1.82) is 0 Å². The van der Waals surface area contributed by atoms with Crippen molar-refractivity contribution in [1.82, 2.24) is 5.16 Å². The average molecular weight is 331 g/mol. The maximum Gasteiger partial charge on any atom is 0.201 e. The molecule has 0 unspecified atom stereocenters. The second kappa shape index (κ2) is 7.01. The molecule has 1 heterocycles. The van der Waals surface area contributed by atoms with Gasteiger partial charge in [0.25, 0.3) is 0 Å². The summed E-state index contributed by atoms with van der Waals surface area (Å²) in [7, 11) is 0. The average Bonchev–Trinajstić information content (AvgIpc) is 2.98. The molecule has 0 aliphatic carbocycles. The number of hydrogen-bond donors (Lipinski definition) is 1. The second-order valence-corrected chi connectivity index (χ2v) is 6.21. The number of halogens is 1. The van der Waals surface area contributed by atoms with Crippen molar-refractivity contribution in [3.05, 3.63) is 59.6 Å². The van der Waals surface area contributed by atoms with Crippen molar-refractivity contribution in [3.63, 3.8) is 0 Å². The van der Waals surface area contributed by atoms with Crippen molar-refractivity contribution in [2.75, 3.05) is 12.3 Å². The van der Waals surface area contributed by atoms with E-state index in [1.54, 1.807) is 11.8 Å². The first-order valence-corrected chi connectivity index (χ1v) is 8.30. The van der Waals surface area contributed by atoms with E-state index in [0.717, 1.165) is 33.2 Å². The van der Waals surface area contributed by atoms with Crippen molar-refractivity contribution >= 4 is 23.4 Å². The molecule has 0 aliphatic heterocycles. The molecule has 22 heavy (non-hydrogen) atoms. The molecule has 0 bridgehead atoms. The number of nitrogens with zero attached hydrogens (tertiary/aromatic N) is 1. The quantitative estimate of drug-likeness (QED) is 0.688. The lowest BCUT2D eigenvalue weighted by Crippen LogP contribution is -2.00. The van der Waals surface area contributed by atoms with E-state index in [-0.39, 0.29) is 0 Å². The van der Waals surface area contributed by atoms with Gasteiger partial charge in [-0.3, -0.25) is 0 Å².